The summed E-state index contributed by atoms with van der Waals surface area (Å²) < 4.78 is 0. The standard InChI is InChI=1S/C13H24N2S/c1-5-8-11-12(9-14-4)16-13(15-11)10(6-2)7-3/h10,14H,5-9H2,1-4H3. The third-order valence-electron chi connectivity index (χ3n) is 2.95. The van der Waals surface area contributed by atoms with Gasteiger partial charge in [0.25, 0.3) is 0 Å². The Bertz CT molecular complexity index is 279. The highest BCUT2D eigenvalue weighted by Crippen LogP contribution is 2.30. The molecule has 0 aliphatic heterocycles. The van der Waals surface area contributed by atoms with Crippen LogP contribution in [0.15, 0.2) is 0 Å². The smallest absolute Gasteiger partial charge is 0.0962 e. The molecule has 0 atom stereocenters. The molecule has 1 heterocycles. The van der Waals surface area contributed by atoms with Gasteiger partial charge in [0, 0.05) is 17.3 Å². The lowest BCUT2D eigenvalue weighted by Gasteiger charge is -2.06. The van der Waals surface area contributed by atoms with Crippen molar-refractivity contribution in [3.63, 3.8) is 0 Å². The van der Waals surface area contributed by atoms with Gasteiger partial charge in [-0.15, -0.1) is 11.3 Å². The summed E-state index contributed by atoms with van der Waals surface area (Å²) >= 11 is 1.91. The van der Waals surface area contributed by atoms with Crippen LogP contribution in [-0.2, 0) is 13.0 Å². The van der Waals surface area contributed by atoms with Crippen molar-refractivity contribution in [3.8, 4) is 0 Å². The second-order valence-electron chi connectivity index (χ2n) is 4.22. The molecule has 0 radical (unpaired) electrons. The second-order valence-corrected chi connectivity index (χ2v) is 5.33. The zero-order valence-corrected chi connectivity index (χ0v) is 11.8. The number of aromatic nitrogens is 1. The van der Waals surface area contributed by atoms with Gasteiger partial charge in [-0.1, -0.05) is 27.2 Å². The summed E-state index contributed by atoms with van der Waals surface area (Å²) in [6.07, 6.45) is 4.71. The molecule has 0 unspecified atom stereocenters. The molecule has 1 aromatic heterocycles. The first kappa shape index (κ1) is 13.7. The molecule has 0 aliphatic rings. The van der Waals surface area contributed by atoms with E-state index in [1.165, 1.54) is 34.8 Å². The van der Waals surface area contributed by atoms with Gasteiger partial charge in [0.2, 0.25) is 0 Å². The Morgan fingerprint density at radius 3 is 2.44 bits per heavy atom. The highest BCUT2D eigenvalue weighted by Gasteiger charge is 2.15. The largest absolute Gasteiger partial charge is 0.315 e. The molecule has 0 fully saturated rings. The van der Waals surface area contributed by atoms with Gasteiger partial charge in [-0.05, 0) is 26.3 Å². The van der Waals surface area contributed by atoms with Crippen LogP contribution in [0.5, 0.6) is 0 Å². The SMILES string of the molecule is CCCc1nc(C(CC)CC)sc1CNC. The van der Waals surface area contributed by atoms with E-state index in [0.29, 0.717) is 5.92 Å². The molecule has 0 aromatic carbocycles. The van der Waals surface area contributed by atoms with Crippen molar-refractivity contribution >= 4 is 11.3 Å². The van der Waals surface area contributed by atoms with Crippen molar-refractivity contribution in [1.29, 1.82) is 0 Å². The molecule has 0 amide bonds. The maximum absolute atomic E-state index is 4.84. The molecule has 2 nitrogen and oxygen atoms in total. The van der Waals surface area contributed by atoms with Crippen molar-refractivity contribution in [2.24, 2.45) is 0 Å². The number of hydrogen-bond acceptors (Lipinski definition) is 3. The monoisotopic (exact) mass is 240 g/mol. The van der Waals surface area contributed by atoms with E-state index in [4.69, 9.17) is 4.98 Å². The molecule has 16 heavy (non-hydrogen) atoms. The van der Waals surface area contributed by atoms with E-state index in [2.05, 4.69) is 26.1 Å². The summed E-state index contributed by atoms with van der Waals surface area (Å²) in [6.45, 7) is 7.70. The van der Waals surface area contributed by atoms with Crippen LogP contribution in [0.4, 0.5) is 0 Å². The van der Waals surface area contributed by atoms with Crippen LogP contribution >= 0.6 is 11.3 Å². The molecule has 1 aromatic rings. The quantitative estimate of drug-likeness (QED) is 0.785. The zero-order valence-electron chi connectivity index (χ0n) is 11.0. The lowest BCUT2D eigenvalue weighted by atomic mass is 10.1. The van der Waals surface area contributed by atoms with Crippen LogP contribution in [0.3, 0.4) is 0 Å². The summed E-state index contributed by atoms with van der Waals surface area (Å²) in [5.41, 5.74) is 1.32. The number of aryl methyl sites for hydroxylation is 1. The minimum atomic E-state index is 0.659. The first-order chi connectivity index (χ1) is 7.76. The zero-order chi connectivity index (χ0) is 12.0. The van der Waals surface area contributed by atoms with E-state index in [-0.39, 0.29) is 0 Å². The minimum Gasteiger partial charge on any atom is -0.315 e. The highest BCUT2D eigenvalue weighted by atomic mass is 32.1. The summed E-state index contributed by atoms with van der Waals surface area (Å²) in [6, 6.07) is 0. The van der Waals surface area contributed by atoms with E-state index in [9.17, 15) is 0 Å². The van der Waals surface area contributed by atoms with E-state index in [1.807, 2.05) is 18.4 Å². The third-order valence-corrected chi connectivity index (χ3v) is 4.21. The Morgan fingerprint density at radius 2 is 1.94 bits per heavy atom. The van der Waals surface area contributed by atoms with Crippen LogP contribution in [0.1, 0.15) is 61.5 Å². The fourth-order valence-electron chi connectivity index (χ4n) is 1.95. The lowest BCUT2D eigenvalue weighted by Crippen LogP contribution is -2.05. The van der Waals surface area contributed by atoms with Crippen molar-refractivity contribution in [1.82, 2.24) is 10.3 Å². The Morgan fingerprint density at radius 1 is 1.25 bits per heavy atom. The normalized spacial score (nSPS) is 11.3. The lowest BCUT2D eigenvalue weighted by molar-refractivity contribution is 0.634. The van der Waals surface area contributed by atoms with Gasteiger partial charge < -0.3 is 5.32 Å². The fourth-order valence-corrected chi connectivity index (χ4v) is 3.34. The van der Waals surface area contributed by atoms with Crippen molar-refractivity contribution in [2.45, 2.75) is 58.9 Å². The van der Waals surface area contributed by atoms with Gasteiger partial charge in [0.05, 0.1) is 10.7 Å². The van der Waals surface area contributed by atoms with Gasteiger partial charge in [-0.2, -0.15) is 0 Å². The van der Waals surface area contributed by atoms with E-state index in [1.54, 1.807) is 0 Å². The molecule has 92 valence electrons. The van der Waals surface area contributed by atoms with Crippen LogP contribution in [0, 0.1) is 0 Å². The predicted molar refractivity (Wildman–Crippen MR) is 72.2 cm³/mol. The number of rotatable bonds is 7. The van der Waals surface area contributed by atoms with Crippen LogP contribution in [0.25, 0.3) is 0 Å². The molecular formula is C13H24N2S. The Labute approximate surface area is 103 Å². The van der Waals surface area contributed by atoms with Gasteiger partial charge in [-0.25, -0.2) is 4.98 Å². The average Bonchev–Trinajstić information content (AvgIpc) is 2.65. The van der Waals surface area contributed by atoms with E-state index >= 15 is 0 Å². The first-order valence-corrected chi connectivity index (χ1v) is 7.21. The van der Waals surface area contributed by atoms with Crippen LogP contribution in [0.2, 0.25) is 0 Å². The molecule has 0 spiro atoms. The number of nitrogens with one attached hydrogen (secondary N) is 1. The fraction of sp³-hybridized carbons (Fsp3) is 0.769. The third kappa shape index (κ3) is 3.29. The summed E-state index contributed by atoms with van der Waals surface area (Å²) in [7, 11) is 2.01. The topological polar surface area (TPSA) is 24.9 Å². The summed E-state index contributed by atoms with van der Waals surface area (Å²) in [5.74, 6) is 0.659. The van der Waals surface area contributed by atoms with Gasteiger partial charge in [0.1, 0.15) is 0 Å². The number of hydrogen-bond donors (Lipinski definition) is 1. The summed E-state index contributed by atoms with van der Waals surface area (Å²) in [5, 5.41) is 4.59. The van der Waals surface area contributed by atoms with Crippen molar-refractivity contribution in [2.75, 3.05) is 7.05 Å². The Kier molecular flexibility index (Phi) is 5.99. The van der Waals surface area contributed by atoms with Gasteiger partial charge in [0.15, 0.2) is 0 Å². The number of nitrogens with zero attached hydrogens (tertiary/aromatic N) is 1. The molecule has 0 bridgehead atoms. The molecule has 1 rings (SSSR count). The second kappa shape index (κ2) is 7.02. The summed E-state index contributed by atoms with van der Waals surface area (Å²) in [4.78, 5) is 6.28. The highest BCUT2D eigenvalue weighted by molar-refractivity contribution is 7.11. The molecule has 1 N–H and O–H groups in total. The van der Waals surface area contributed by atoms with E-state index < -0.39 is 0 Å². The molecule has 0 saturated carbocycles. The number of thiazole rings is 1. The maximum Gasteiger partial charge on any atom is 0.0962 e. The Hall–Kier alpha value is -0.410. The van der Waals surface area contributed by atoms with Crippen molar-refractivity contribution < 1.29 is 0 Å². The van der Waals surface area contributed by atoms with Crippen LogP contribution < -0.4 is 5.32 Å². The van der Waals surface area contributed by atoms with Crippen LogP contribution in [-0.4, -0.2) is 12.0 Å². The Balaban J connectivity index is 2.90. The average molecular weight is 240 g/mol. The van der Waals surface area contributed by atoms with Gasteiger partial charge >= 0.3 is 0 Å². The first-order valence-electron chi connectivity index (χ1n) is 6.39. The molecular weight excluding hydrogens is 216 g/mol. The predicted octanol–water partition coefficient (Wildman–Crippen LogP) is 3.72. The minimum absolute atomic E-state index is 0.659. The molecule has 0 saturated heterocycles. The van der Waals surface area contributed by atoms with Crippen molar-refractivity contribution in [3.05, 3.63) is 15.6 Å². The maximum atomic E-state index is 4.84. The van der Waals surface area contributed by atoms with Gasteiger partial charge in [-0.3, -0.25) is 0 Å². The van der Waals surface area contributed by atoms with E-state index in [0.717, 1.165) is 13.0 Å². The molecule has 3 heteroatoms. The molecule has 0 aliphatic carbocycles.